The average molecular weight is 320 g/mol. The van der Waals surface area contributed by atoms with Gasteiger partial charge in [0.25, 0.3) is 0 Å². The van der Waals surface area contributed by atoms with Crippen molar-refractivity contribution in [3.63, 3.8) is 0 Å². The summed E-state index contributed by atoms with van der Waals surface area (Å²) < 4.78 is 0. The van der Waals surface area contributed by atoms with Gasteiger partial charge in [-0.05, 0) is 12.8 Å². The minimum Gasteiger partial charge on any atom is -0.478 e. The zero-order chi connectivity index (χ0) is 17.2. The summed E-state index contributed by atoms with van der Waals surface area (Å²) in [6, 6.07) is 0. The van der Waals surface area contributed by atoms with E-state index >= 15 is 0 Å². The molecule has 0 aromatic carbocycles. The van der Waals surface area contributed by atoms with Crippen LogP contribution in [0.25, 0.3) is 0 Å². The van der Waals surface area contributed by atoms with Crippen molar-refractivity contribution in [2.45, 2.75) is 70.8 Å². The SMILES string of the molecule is CCCCCCCCC[C@@H](O)CC=CC=CC=CC=CC(=O)O. The highest BCUT2D eigenvalue weighted by Crippen LogP contribution is 2.11. The van der Waals surface area contributed by atoms with Gasteiger partial charge in [-0.2, -0.15) is 0 Å². The Balaban J connectivity index is 3.57. The largest absolute Gasteiger partial charge is 0.478 e. The molecule has 3 nitrogen and oxygen atoms in total. The molecule has 1 atom stereocenters. The molecule has 0 saturated heterocycles. The van der Waals surface area contributed by atoms with Crippen molar-refractivity contribution in [2.24, 2.45) is 0 Å². The van der Waals surface area contributed by atoms with E-state index in [0.29, 0.717) is 6.42 Å². The maximum atomic E-state index is 10.2. The van der Waals surface area contributed by atoms with Gasteiger partial charge in [-0.3, -0.25) is 0 Å². The van der Waals surface area contributed by atoms with Crippen molar-refractivity contribution in [1.29, 1.82) is 0 Å². The van der Waals surface area contributed by atoms with Gasteiger partial charge in [-0.1, -0.05) is 94.4 Å². The van der Waals surface area contributed by atoms with Crippen LogP contribution in [-0.2, 0) is 4.79 Å². The van der Waals surface area contributed by atoms with Crippen LogP contribution in [0, 0.1) is 0 Å². The average Bonchev–Trinajstić information content (AvgIpc) is 2.52. The zero-order valence-corrected chi connectivity index (χ0v) is 14.4. The van der Waals surface area contributed by atoms with Gasteiger partial charge in [0.15, 0.2) is 0 Å². The molecule has 2 N–H and O–H groups in total. The Bertz CT molecular complexity index is 392. The number of carbonyl (C=O) groups is 1. The summed E-state index contributed by atoms with van der Waals surface area (Å²) in [5, 5.41) is 18.3. The van der Waals surface area contributed by atoms with E-state index in [1.807, 2.05) is 24.3 Å². The lowest BCUT2D eigenvalue weighted by molar-refractivity contribution is -0.131. The molecular weight excluding hydrogens is 288 g/mol. The van der Waals surface area contributed by atoms with E-state index < -0.39 is 5.97 Å². The normalized spacial score (nSPS) is 13.8. The number of carboxylic acid groups (broad SMARTS) is 1. The first-order valence-electron chi connectivity index (χ1n) is 8.74. The molecule has 0 saturated carbocycles. The number of aliphatic hydroxyl groups is 1. The fourth-order valence-electron chi connectivity index (χ4n) is 2.16. The third-order valence-corrected chi connectivity index (χ3v) is 3.48. The van der Waals surface area contributed by atoms with Crippen molar-refractivity contribution in [1.82, 2.24) is 0 Å². The van der Waals surface area contributed by atoms with Crippen LogP contribution in [0.1, 0.15) is 64.7 Å². The van der Waals surface area contributed by atoms with Gasteiger partial charge in [-0.15, -0.1) is 0 Å². The van der Waals surface area contributed by atoms with Gasteiger partial charge in [-0.25, -0.2) is 4.79 Å². The summed E-state index contributed by atoms with van der Waals surface area (Å²) >= 11 is 0. The van der Waals surface area contributed by atoms with Gasteiger partial charge in [0.1, 0.15) is 0 Å². The van der Waals surface area contributed by atoms with Crippen LogP contribution in [-0.4, -0.2) is 22.3 Å². The maximum Gasteiger partial charge on any atom is 0.328 e. The summed E-state index contributed by atoms with van der Waals surface area (Å²) in [4.78, 5) is 10.2. The standard InChI is InChI=1S/C20H32O3/c1-2-3-4-5-7-10-13-16-19(21)17-14-11-8-6-9-12-15-18-20(22)23/h6,8-9,11-12,14-15,18-19,21H,2-5,7,10,13,16-17H2,1H3,(H,22,23)/t19-/m1/s1. The van der Waals surface area contributed by atoms with E-state index in [4.69, 9.17) is 5.11 Å². The van der Waals surface area contributed by atoms with E-state index in [0.717, 1.165) is 18.9 Å². The molecule has 0 fully saturated rings. The zero-order valence-electron chi connectivity index (χ0n) is 14.4. The predicted molar refractivity (Wildman–Crippen MR) is 97.4 cm³/mol. The minimum absolute atomic E-state index is 0.246. The molecule has 0 aromatic rings. The molecule has 0 heterocycles. The Labute approximate surface area is 141 Å². The number of hydrogen-bond donors (Lipinski definition) is 2. The Morgan fingerprint density at radius 2 is 1.43 bits per heavy atom. The molecule has 0 radical (unpaired) electrons. The molecule has 0 rings (SSSR count). The summed E-state index contributed by atoms with van der Waals surface area (Å²) in [5.41, 5.74) is 0. The van der Waals surface area contributed by atoms with E-state index in [1.165, 1.54) is 44.6 Å². The molecule has 0 unspecified atom stereocenters. The predicted octanol–water partition coefficient (Wildman–Crippen LogP) is 5.19. The van der Waals surface area contributed by atoms with Crippen LogP contribution in [0.5, 0.6) is 0 Å². The molecule has 0 spiro atoms. The number of unbranched alkanes of at least 4 members (excludes halogenated alkanes) is 6. The first-order chi connectivity index (χ1) is 11.2. The molecule has 130 valence electrons. The van der Waals surface area contributed by atoms with Gasteiger partial charge < -0.3 is 10.2 Å². The van der Waals surface area contributed by atoms with Crippen molar-refractivity contribution >= 4 is 5.97 Å². The van der Waals surface area contributed by atoms with Crippen LogP contribution in [0.4, 0.5) is 0 Å². The number of aliphatic carboxylic acids is 1. The lowest BCUT2D eigenvalue weighted by Gasteiger charge is -2.07. The molecule has 0 aromatic heterocycles. The monoisotopic (exact) mass is 320 g/mol. The molecule has 0 aliphatic carbocycles. The van der Waals surface area contributed by atoms with E-state index in [2.05, 4.69) is 6.92 Å². The highest BCUT2D eigenvalue weighted by molar-refractivity contribution is 5.80. The molecule has 23 heavy (non-hydrogen) atoms. The highest BCUT2D eigenvalue weighted by Gasteiger charge is 2.00. The number of allylic oxidation sites excluding steroid dienone is 6. The molecule has 3 heteroatoms. The third kappa shape index (κ3) is 18.3. The fourth-order valence-corrected chi connectivity index (χ4v) is 2.16. The van der Waals surface area contributed by atoms with Crippen molar-refractivity contribution in [2.75, 3.05) is 0 Å². The first kappa shape index (κ1) is 21.4. The third-order valence-electron chi connectivity index (χ3n) is 3.48. The summed E-state index contributed by atoms with van der Waals surface area (Å²) in [6.45, 7) is 2.23. The molecule has 0 amide bonds. The Kier molecular flexibility index (Phi) is 15.6. The van der Waals surface area contributed by atoms with E-state index in [-0.39, 0.29) is 6.10 Å². The second-order valence-corrected chi connectivity index (χ2v) is 5.69. The van der Waals surface area contributed by atoms with Crippen molar-refractivity contribution in [3.8, 4) is 0 Å². The smallest absolute Gasteiger partial charge is 0.328 e. The summed E-state index contributed by atoms with van der Waals surface area (Å²) in [7, 11) is 0. The first-order valence-corrected chi connectivity index (χ1v) is 8.74. The number of carboxylic acids is 1. The Hall–Kier alpha value is -1.61. The second kappa shape index (κ2) is 16.8. The Morgan fingerprint density at radius 1 is 0.870 bits per heavy atom. The second-order valence-electron chi connectivity index (χ2n) is 5.69. The number of hydrogen-bond acceptors (Lipinski definition) is 2. The van der Waals surface area contributed by atoms with Crippen molar-refractivity contribution in [3.05, 3.63) is 48.6 Å². The van der Waals surface area contributed by atoms with Crippen molar-refractivity contribution < 1.29 is 15.0 Å². The van der Waals surface area contributed by atoms with Gasteiger partial charge in [0, 0.05) is 6.08 Å². The maximum absolute atomic E-state index is 10.2. The van der Waals surface area contributed by atoms with Crippen LogP contribution < -0.4 is 0 Å². The van der Waals surface area contributed by atoms with Gasteiger partial charge in [0.2, 0.25) is 0 Å². The summed E-state index contributed by atoms with van der Waals surface area (Å²) in [5.74, 6) is -0.950. The quantitative estimate of drug-likeness (QED) is 0.263. The van der Waals surface area contributed by atoms with Crippen LogP contribution in [0.15, 0.2) is 48.6 Å². The van der Waals surface area contributed by atoms with Gasteiger partial charge in [0.05, 0.1) is 6.10 Å². The molecule has 0 aliphatic heterocycles. The fraction of sp³-hybridized carbons (Fsp3) is 0.550. The highest BCUT2D eigenvalue weighted by atomic mass is 16.4. The minimum atomic E-state index is -0.950. The van der Waals surface area contributed by atoms with E-state index in [9.17, 15) is 9.90 Å². The van der Waals surface area contributed by atoms with Crippen LogP contribution in [0.3, 0.4) is 0 Å². The van der Waals surface area contributed by atoms with E-state index in [1.54, 1.807) is 12.2 Å². The molecular formula is C20H32O3. The number of rotatable bonds is 14. The molecule has 0 aliphatic rings. The van der Waals surface area contributed by atoms with Gasteiger partial charge >= 0.3 is 5.97 Å². The molecule has 0 bridgehead atoms. The van der Waals surface area contributed by atoms with Crippen LogP contribution >= 0.6 is 0 Å². The van der Waals surface area contributed by atoms with Crippen LogP contribution in [0.2, 0.25) is 0 Å². The summed E-state index contributed by atoms with van der Waals surface area (Å²) in [6.07, 6.45) is 23.8. The lowest BCUT2D eigenvalue weighted by atomic mass is 10.0. The number of aliphatic hydroxyl groups excluding tert-OH is 1. The topological polar surface area (TPSA) is 57.5 Å². The Morgan fingerprint density at radius 3 is 2.09 bits per heavy atom. The lowest BCUT2D eigenvalue weighted by Crippen LogP contribution is -2.04.